The van der Waals surface area contributed by atoms with Gasteiger partial charge in [-0.2, -0.15) is 0 Å². The van der Waals surface area contributed by atoms with Gasteiger partial charge in [-0.3, -0.25) is 9.20 Å². The summed E-state index contributed by atoms with van der Waals surface area (Å²) in [6.07, 6.45) is 4.38. The van der Waals surface area contributed by atoms with Gasteiger partial charge in [0, 0.05) is 46.5 Å². The van der Waals surface area contributed by atoms with Gasteiger partial charge in [-0.15, -0.1) is 0 Å². The first-order chi connectivity index (χ1) is 10.9. The number of nitrogens with zero attached hydrogens (tertiary/aromatic N) is 1. The average Bonchev–Trinajstić information content (AvgIpc) is 2.50. The molecule has 1 rings (SSSR count). The summed E-state index contributed by atoms with van der Waals surface area (Å²) in [5, 5.41) is 10.7. The smallest absolute Gasteiger partial charge is 0.191 e. The molecule has 5 nitrogen and oxygen atoms in total. The molecule has 0 aliphatic heterocycles. The van der Waals surface area contributed by atoms with E-state index in [0.717, 1.165) is 57.0 Å². The van der Waals surface area contributed by atoms with E-state index in [9.17, 15) is 4.21 Å². The number of rotatable bonds is 7. The topological polar surface area (TPSA) is 65.5 Å². The van der Waals surface area contributed by atoms with Crippen LogP contribution in [0.2, 0.25) is 0 Å². The summed E-state index contributed by atoms with van der Waals surface area (Å²) >= 11 is 0. The predicted octanol–water partition coefficient (Wildman–Crippen LogP) is 2.01. The zero-order chi connectivity index (χ0) is 17.3. The molecule has 0 radical (unpaired) electrons. The third-order valence-electron chi connectivity index (χ3n) is 4.00. The van der Waals surface area contributed by atoms with Gasteiger partial charge in [-0.25, -0.2) is 0 Å². The molecule has 0 amide bonds. The Bertz CT molecular complexity index is 393. The van der Waals surface area contributed by atoms with Crippen LogP contribution in [0.3, 0.4) is 0 Å². The maximum atomic E-state index is 12.1. The second kappa shape index (κ2) is 10.3. The molecule has 3 atom stereocenters. The van der Waals surface area contributed by atoms with E-state index < -0.39 is 10.8 Å². The molecule has 1 aliphatic carbocycles. The van der Waals surface area contributed by atoms with Crippen LogP contribution in [-0.4, -0.2) is 52.4 Å². The Balaban J connectivity index is 2.49. The molecule has 0 spiro atoms. The molecule has 0 bridgehead atoms. The second-order valence-electron chi connectivity index (χ2n) is 7.24. The van der Waals surface area contributed by atoms with Gasteiger partial charge in [0.15, 0.2) is 5.96 Å². The molecule has 0 aromatic carbocycles. The molecule has 6 heteroatoms. The van der Waals surface area contributed by atoms with Crippen molar-refractivity contribution in [3.63, 3.8) is 0 Å². The molecule has 0 heterocycles. The molecule has 1 aliphatic rings. The van der Waals surface area contributed by atoms with Gasteiger partial charge in [0.05, 0.1) is 6.54 Å². The first kappa shape index (κ1) is 20.4. The normalized spacial score (nSPS) is 24.3. The molecule has 0 aromatic rings. The summed E-state index contributed by atoms with van der Waals surface area (Å²) in [7, 11) is -0.680. The van der Waals surface area contributed by atoms with E-state index in [1.165, 1.54) is 0 Å². The lowest BCUT2D eigenvalue weighted by atomic mass is 9.95. The van der Waals surface area contributed by atoms with E-state index in [1.807, 2.05) is 6.92 Å². The number of nitrogens with one attached hydrogen (secondary N) is 3. The van der Waals surface area contributed by atoms with Crippen molar-refractivity contribution in [3.05, 3.63) is 0 Å². The van der Waals surface area contributed by atoms with Crippen LogP contribution in [0, 0.1) is 0 Å². The Labute approximate surface area is 144 Å². The average molecular weight is 345 g/mol. The quantitative estimate of drug-likeness (QED) is 0.375. The number of hydrogen-bond donors (Lipinski definition) is 3. The molecule has 23 heavy (non-hydrogen) atoms. The predicted molar refractivity (Wildman–Crippen MR) is 102 cm³/mol. The van der Waals surface area contributed by atoms with Crippen molar-refractivity contribution >= 4 is 16.8 Å². The summed E-state index contributed by atoms with van der Waals surface area (Å²) < 4.78 is 12.1. The zero-order valence-corrected chi connectivity index (χ0v) is 16.4. The SMILES string of the molecule is CCNC(=NCCNC(C)(C)C)NC1CCCC(S(=O)CC)C1. The van der Waals surface area contributed by atoms with Crippen LogP contribution in [0.5, 0.6) is 0 Å². The molecule has 1 fully saturated rings. The lowest BCUT2D eigenvalue weighted by Crippen LogP contribution is -2.47. The number of guanidine groups is 1. The van der Waals surface area contributed by atoms with E-state index in [0.29, 0.717) is 11.3 Å². The van der Waals surface area contributed by atoms with Crippen molar-refractivity contribution in [2.24, 2.45) is 4.99 Å². The molecular weight excluding hydrogens is 308 g/mol. The summed E-state index contributed by atoms with van der Waals surface area (Å²) in [5.41, 5.74) is 0.127. The maximum Gasteiger partial charge on any atom is 0.191 e. The van der Waals surface area contributed by atoms with Crippen molar-refractivity contribution in [3.8, 4) is 0 Å². The Morgan fingerprint density at radius 1 is 1.26 bits per heavy atom. The van der Waals surface area contributed by atoms with Crippen LogP contribution < -0.4 is 16.0 Å². The van der Waals surface area contributed by atoms with Crippen molar-refractivity contribution in [2.75, 3.05) is 25.4 Å². The van der Waals surface area contributed by atoms with Crippen LogP contribution >= 0.6 is 0 Å². The van der Waals surface area contributed by atoms with Crippen LogP contribution in [0.1, 0.15) is 60.3 Å². The molecular formula is C17H36N4OS. The third kappa shape index (κ3) is 8.70. The highest BCUT2D eigenvalue weighted by Crippen LogP contribution is 2.22. The largest absolute Gasteiger partial charge is 0.357 e. The highest BCUT2D eigenvalue weighted by Gasteiger charge is 2.25. The number of aliphatic imine (C=N–C) groups is 1. The third-order valence-corrected chi connectivity index (χ3v) is 5.75. The highest BCUT2D eigenvalue weighted by atomic mass is 32.2. The Hall–Kier alpha value is -0.620. The van der Waals surface area contributed by atoms with Crippen molar-refractivity contribution < 1.29 is 4.21 Å². The van der Waals surface area contributed by atoms with Gasteiger partial charge in [-0.05, 0) is 47.0 Å². The Morgan fingerprint density at radius 2 is 2.00 bits per heavy atom. The zero-order valence-electron chi connectivity index (χ0n) is 15.6. The fourth-order valence-corrected chi connectivity index (χ4v) is 4.21. The van der Waals surface area contributed by atoms with Crippen molar-refractivity contribution in [1.82, 2.24) is 16.0 Å². The van der Waals surface area contributed by atoms with E-state index in [-0.39, 0.29) is 5.54 Å². The van der Waals surface area contributed by atoms with Gasteiger partial charge >= 0.3 is 0 Å². The lowest BCUT2D eigenvalue weighted by Gasteiger charge is -2.30. The maximum absolute atomic E-state index is 12.1. The van der Waals surface area contributed by atoms with Crippen LogP contribution in [0.25, 0.3) is 0 Å². The minimum atomic E-state index is -0.680. The Kier molecular flexibility index (Phi) is 9.14. The molecule has 136 valence electrons. The van der Waals surface area contributed by atoms with Gasteiger partial charge in [0.25, 0.3) is 0 Å². The lowest BCUT2D eigenvalue weighted by molar-refractivity contribution is 0.412. The summed E-state index contributed by atoms with van der Waals surface area (Å²) in [6, 6.07) is 0.387. The van der Waals surface area contributed by atoms with E-state index >= 15 is 0 Å². The minimum Gasteiger partial charge on any atom is -0.357 e. The van der Waals surface area contributed by atoms with Crippen molar-refractivity contribution in [2.45, 2.75) is 77.1 Å². The van der Waals surface area contributed by atoms with E-state index in [1.54, 1.807) is 0 Å². The standard InChI is InChI=1S/C17H36N4OS/c1-6-18-16(19-11-12-20-17(3,4)5)21-14-9-8-10-15(13-14)23(22)7-2/h14-15,20H,6-13H2,1-5H3,(H2,18,19,21). The van der Waals surface area contributed by atoms with Crippen LogP contribution in [0.15, 0.2) is 4.99 Å². The molecule has 3 unspecified atom stereocenters. The fourth-order valence-electron chi connectivity index (χ4n) is 2.86. The molecule has 3 N–H and O–H groups in total. The summed E-state index contributed by atoms with van der Waals surface area (Å²) in [5.74, 6) is 1.65. The van der Waals surface area contributed by atoms with E-state index in [2.05, 4.69) is 48.6 Å². The van der Waals surface area contributed by atoms with Gasteiger partial charge in [-0.1, -0.05) is 13.3 Å². The molecule has 1 saturated carbocycles. The van der Waals surface area contributed by atoms with Crippen LogP contribution in [0.4, 0.5) is 0 Å². The van der Waals surface area contributed by atoms with Gasteiger partial charge in [0.1, 0.15) is 0 Å². The first-order valence-corrected chi connectivity index (χ1v) is 10.4. The van der Waals surface area contributed by atoms with Gasteiger partial charge in [0.2, 0.25) is 0 Å². The van der Waals surface area contributed by atoms with Crippen molar-refractivity contribution in [1.29, 1.82) is 0 Å². The first-order valence-electron chi connectivity index (χ1n) is 9.02. The summed E-state index contributed by atoms with van der Waals surface area (Å²) in [4.78, 5) is 4.66. The fraction of sp³-hybridized carbons (Fsp3) is 0.941. The minimum absolute atomic E-state index is 0.127. The molecule has 0 saturated heterocycles. The summed E-state index contributed by atoms with van der Waals surface area (Å²) in [6.45, 7) is 13.1. The number of hydrogen-bond acceptors (Lipinski definition) is 3. The molecule has 0 aromatic heterocycles. The monoisotopic (exact) mass is 344 g/mol. The highest BCUT2D eigenvalue weighted by molar-refractivity contribution is 7.85. The van der Waals surface area contributed by atoms with Crippen LogP contribution in [-0.2, 0) is 10.8 Å². The van der Waals surface area contributed by atoms with E-state index in [4.69, 9.17) is 0 Å². The van der Waals surface area contributed by atoms with Gasteiger partial charge < -0.3 is 16.0 Å². The second-order valence-corrected chi connectivity index (χ2v) is 9.24. The Morgan fingerprint density at radius 3 is 2.61 bits per heavy atom.